The van der Waals surface area contributed by atoms with Gasteiger partial charge in [-0.3, -0.25) is 14.5 Å². The lowest BCUT2D eigenvalue weighted by Crippen LogP contribution is -2.51. The minimum absolute atomic E-state index is 0.277. The summed E-state index contributed by atoms with van der Waals surface area (Å²) in [5, 5.41) is 0. The molecule has 2 aliphatic heterocycles. The molecule has 0 aromatic rings. The van der Waals surface area contributed by atoms with E-state index in [1.54, 1.807) is 0 Å². The quantitative estimate of drug-likeness (QED) is 0.558. The number of amides is 2. The lowest BCUT2D eigenvalue weighted by molar-refractivity contribution is -0.141. The normalized spacial score (nSPS) is 25.9. The van der Waals surface area contributed by atoms with Gasteiger partial charge in [-0.2, -0.15) is 0 Å². The maximum Gasteiger partial charge on any atom is 0.227 e. The van der Waals surface area contributed by atoms with Gasteiger partial charge in [-0.25, -0.2) is 0 Å². The standard InChI is InChI=1S/C28H52N4O2/c1-22(2)23-8-10-24(11-9-23)26(33)31-20-18-30(19-21-31)15-7-14-29(6)25-12-16-32(17-13-25)27(34)28(3,4)5/h22-25H,7-21H2,1-6H3. The monoisotopic (exact) mass is 476 g/mol. The van der Waals surface area contributed by atoms with Gasteiger partial charge in [0, 0.05) is 56.6 Å². The molecule has 0 bridgehead atoms. The molecule has 0 N–H and O–H groups in total. The highest BCUT2D eigenvalue weighted by Crippen LogP contribution is 2.34. The lowest BCUT2D eigenvalue weighted by atomic mass is 9.76. The van der Waals surface area contributed by atoms with Gasteiger partial charge in [-0.15, -0.1) is 0 Å². The topological polar surface area (TPSA) is 47.1 Å². The first kappa shape index (κ1) is 27.4. The van der Waals surface area contributed by atoms with Crippen molar-refractivity contribution in [2.24, 2.45) is 23.2 Å². The molecule has 2 saturated heterocycles. The molecular weight excluding hydrogens is 424 g/mol. The van der Waals surface area contributed by atoms with E-state index < -0.39 is 0 Å². The summed E-state index contributed by atoms with van der Waals surface area (Å²) in [6.45, 7) is 18.5. The van der Waals surface area contributed by atoms with Crippen molar-refractivity contribution in [3.8, 4) is 0 Å². The summed E-state index contributed by atoms with van der Waals surface area (Å²) in [6.07, 6.45) is 7.98. The number of nitrogens with zero attached hydrogens (tertiary/aromatic N) is 4. The van der Waals surface area contributed by atoms with Crippen molar-refractivity contribution in [3.05, 3.63) is 0 Å². The highest BCUT2D eigenvalue weighted by atomic mass is 16.2. The minimum atomic E-state index is -0.277. The zero-order valence-electron chi connectivity index (χ0n) is 23.0. The molecule has 3 fully saturated rings. The van der Waals surface area contributed by atoms with Gasteiger partial charge < -0.3 is 14.7 Å². The van der Waals surface area contributed by atoms with Crippen LogP contribution in [0.5, 0.6) is 0 Å². The Morgan fingerprint density at radius 3 is 1.97 bits per heavy atom. The third-order valence-corrected chi connectivity index (χ3v) is 8.75. The van der Waals surface area contributed by atoms with Crippen LogP contribution >= 0.6 is 0 Å². The van der Waals surface area contributed by atoms with Gasteiger partial charge >= 0.3 is 0 Å². The van der Waals surface area contributed by atoms with Crippen molar-refractivity contribution in [1.82, 2.24) is 19.6 Å². The van der Waals surface area contributed by atoms with Gasteiger partial charge in [-0.1, -0.05) is 34.6 Å². The van der Waals surface area contributed by atoms with Crippen LogP contribution in [0.25, 0.3) is 0 Å². The van der Waals surface area contributed by atoms with E-state index in [0.717, 1.165) is 89.9 Å². The minimum Gasteiger partial charge on any atom is -0.342 e. The molecule has 0 aromatic carbocycles. The molecule has 0 atom stereocenters. The number of carbonyl (C=O) groups is 2. The Hall–Kier alpha value is -1.14. The van der Waals surface area contributed by atoms with E-state index in [1.807, 2.05) is 20.8 Å². The molecule has 196 valence electrons. The average molecular weight is 477 g/mol. The fourth-order valence-corrected chi connectivity index (χ4v) is 6.19. The van der Waals surface area contributed by atoms with Crippen molar-refractivity contribution < 1.29 is 9.59 Å². The van der Waals surface area contributed by atoms with Crippen LogP contribution in [-0.4, -0.2) is 96.9 Å². The molecule has 0 spiro atoms. The Morgan fingerprint density at radius 2 is 1.44 bits per heavy atom. The third-order valence-electron chi connectivity index (χ3n) is 8.75. The van der Waals surface area contributed by atoms with Crippen molar-refractivity contribution in [2.75, 3.05) is 59.4 Å². The van der Waals surface area contributed by atoms with Crippen molar-refractivity contribution in [1.29, 1.82) is 0 Å². The molecule has 0 radical (unpaired) electrons. The molecule has 3 rings (SSSR count). The summed E-state index contributed by atoms with van der Waals surface area (Å²) in [7, 11) is 2.25. The molecular formula is C28H52N4O2. The van der Waals surface area contributed by atoms with Crippen molar-refractivity contribution >= 4 is 11.8 Å². The Balaban J connectivity index is 1.29. The predicted molar refractivity (Wildman–Crippen MR) is 140 cm³/mol. The fraction of sp³-hybridized carbons (Fsp3) is 0.929. The Morgan fingerprint density at radius 1 is 0.853 bits per heavy atom. The average Bonchev–Trinajstić information content (AvgIpc) is 2.83. The number of piperidine rings is 1. The zero-order valence-corrected chi connectivity index (χ0v) is 23.0. The summed E-state index contributed by atoms with van der Waals surface area (Å²) in [5.41, 5.74) is -0.277. The van der Waals surface area contributed by atoms with Crippen LogP contribution in [0.1, 0.15) is 79.6 Å². The number of likely N-dealkylation sites (tertiary alicyclic amines) is 1. The van der Waals surface area contributed by atoms with E-state index in [4.69, 9.17) is 0 Å². The van der Waals surface area contributed by atoms with E-state index in [1.165, 1.54) is 19.3 Å². The molecule has 2 heterocycles. The maximum atomic E-state index is 13.0. The van der Waals surface area contributed by atoms with E-state index >= 15 is 0 Å². The van der Waals surface area contributed by atoms with E-state index in [-0.39, 0.29) is 17.2 Å². The van der Waals surface area contributed by atoms with Crippen LogP contribution in [0.3, 0.4) is 0 Å². The highest BCUT2D eigenvalue weighted by molar-refractivity contribution is 5.81. The Labute approximate surface area is 209 Å². The first-order chi connectivity index (χ1) is 16.1. The lowest BCUT2D eigenvalue weighted by Gasteiger charge is -2.40. The van der Waals surface area contributed by atoms with Gasteiger partial charge in [0.25, 0.3) is 0 Å². The predicted octanol–water partition coefficient (Wildman–Crippen LogP) is 3.95. The van der Waals surface area contributed by atoms with Crippen LogP contribution in [0.2, 0.25) is 0 Å². The molecule has 1 saturated carbocycles. The fourth-order valence-electron chi connectivity index (χ4n) is 6.19. The van der Waals surface area contributed by atoms with Crippen LogP contribution in [-0.2, 0) is 9.59 Å². The van der Waals surface area contributed by atoms with Gasteiger partial charge in [0.1, 0.15) is 0 Å². The smallest absolute Gasteiger partial charge is 0.227 e. The molecule has 3 aliphatic rings. The first-order valence-corrected chi connectivity index (χ1v) is 14.1. The number of hydrogen-bond acceptors (Lipinski definition) is 4. The summed E-state index contributed by atoms with van der Waals surface area (Å²) in [4.78, 5) is 34.8. The van der Waals surface area contributed by atoms with Gasteiger partial charge in [0.15, 0.2) is 0 Å². The largest absolute Gasteiger partial charge is 0.342 e. The summed E-state index contributed by atoms with van der Waals surface area (Å²) in [5.74, 6) is 2.56. The summed E-state index contributed by atoms with van der Waals surface area (Å²) in [6, 6.07) is 0.587. The molecule has 6 heteroatoms. The molecule has 6 nitrogen and oxygen atoms in total. The highest BCUT2D eigenvalue weighted by Gasteiger charge is 2.33. The van der Waals surface area contributed by atoms with Crippen molar-refractivity contribution in [2.45, 2.75) is 85.6 Å². The van der Waals surface area contributed by atoms with E-state index in [2.05, 4.69) is 40.5 Å². The second-order valence-corrected chi connectivity index (χ2v) is 12.6. The Bertz CT molecular complexity index is 650. The summed E-state index contributed by atoms with van der Waals surface area (Å²) < 4.78 is 0. The second-order valence-electron chi connectivity index (χ2n) is 12.6. The second kappa shape index (κ2) is 12.2. The van der Waals surface area contributed by atoms with Gasteiger partial charge in [-0.05, 0) is 76.9 Å². The SMILES string of the molecule is CC(C)C1CCC(C(=O)N2CCN(CCCN(C)C3CCN(C(=O)C(C)(C)C)CC3)CC2)CC1. The van der Waals surface area contributed by atoms with Crippen LogP contribution < -0.4 is 0 Å². The number of piperazine rings is 1. The van der Waals surface area contributed by atoms with Crippen LogP contribution in [0.4, 0.5) is 0 Å². The number of hydrogen-bond donors (Lipinski definition) is 0. The Kier molecular flexibility index (Phi) is 9.85. The maximum absolute atomic E-state index is 13.0. The first-order valence-electron chi connectivity index (χ1n) is 14.1. The number of rotatable bonds is 7. The van der Waals surface area contributed by atoms with E-state index in [9.17, 15) is 9.59 Å². The zero-order chi connectivity index (χ0) is 24.9. The van der Waals surface area contributed by atoms with Gasteiger partial charge in [0.05, 0.1) is 0 Å². The van der Waals surface area contributed by atoms with E-state index in [0.29, 0.717) is 11.9 Å². The third kappa shape index (κ3) is 7.43. The molecule has 0 unspecified atom stereocenters. The van der Waals surface area contributed by atoms with Crippen molar-refractivity contribution in [3.63, 3.8) is 0 Å². The van der Waals surface area contributed by atoms with Crippen LogP contribution in [0, 0.1) is 23.2 Å². The molecule has 0 aromatic heterocycles. The molecule has 34 heavy (non-hydrogen) atoms. The summed E-state index contributed by atoms with van der Waals surface area (Å²) >= 11 is 0. The molecule has 1 aliphatic carbocycles. The number of carbonyl (C=O) groups excluding carboxylic acids is 2. The van der Waals surface area contributed by atoms with Gasteiger partial charge in [0.2, 0.25) is 11.8 Å². The van der Waals surface area contributed by atoms with Crippen LogP contribution in [0.15, 0.2) is 0 Å². The molecule has 2 amide bonds.